The van der Waals surface area contributed by atoms with Gasteiger partial charge < -0.3 is 15.4 Å². The molecule has 3 unspecified atom stereocenters. The normalized spacial score (nSPS) is 34.2. The van der Waals surface area contributed by atoms with E-state index in [1.165, 1.54) is 38.9 Å². The van der Waals surface area contributed by atoms with Gasteiger partial charge in [-0.1, -0.05) is 0 Å². The van der Waals surface area contributed by atoms with E-state index >= 15 is 0 Å². The average Bonchev–Trinajstić information content (AvgIpc) is 2.81. The summed E-state index contributed by atoms with van der Waals surface area (Å²) in [5.41, 5.74) is 0. The molecule has 0 bridgehead atoms. The van der Waals surface area contributed by atoms with E-state index < -0.39 is 0 Å². The van der Waals surface area contributed by atoms with Gasteiger partial charge in [-0.2, -0.15) is 0 Å². The van der Waals surface area contributed by atoms with E-state index in [1.807, 2.05) is 0 Å². The zero-order valence-corrected chi connectivity index (χ0v) is 9.80. The number of piperidine rings is 1. The predicted molar refractivity (Wildman–Crippen MR) is 62.0 cm³/mol. The summed E-state index contributed by atoms with van der Waals surface area (Å²) in [6, 6.07) is 0.620. The predicted octanol–water partition coefficient (Wildman–Crippen LogP) is 1.00. The lowest BCUT2D eigenvalue weighted by molar-refractivity contribution is 0.177. The van der Waals surface area contributed by atoms with E-state index in [4.69, 9.17) is 4.74 Å². The monoisotopic (exact) mass is 212 g/mol. The summed E-state index contributed by atoms with van der Waals surface area (Å²) in [5, 5.41) is 7.14. The Morgan fingerprint density at radius 1 is 1.47 bits per heavy atom. The largest absolute Gasteiger partial charge is 0.381 e. The van der Waals surface area contributed by atoms with E-state index in [9.17, 15) is 0 Å². The molecule has 0 aromatic rings. The fourth-order valence-electron chi connectivity index (χ4n) is 2.56. The van der Waals surface area contributed by atoms with E-state index in [1.54, 1.807) is 0 Å². The first-order chi connectivity index (χ1) is 7.36. The van der Waals surface area contributed by atoms with Gasteiger partial charge in [-0.15, -0.1) is 0 Å². The second kappa shape index (κ2) is 5.83. The van der Waals surface area contributed by atoms with Crippen LogP contribution in [0.5, 0.6) is 0 Å². The van der Waals surface area contributed by atoms with Crippen LogP contribution in [0.3, 0.4) is 0 Å². The lowest BCUT2D eigenvalue weighted by atomic mass is 9.97. The molecule has 0 amide bonds. The van der Waals surface area contributed by atoms with E-state index in [0.717, 1.165) is 25.0 Å². The number of nitrogens with one attached hydrogen (secondary N) is 2. The summed E-state index contributed by atoms with van der Waals surface area (Å²) < 4.78 is 5.42. The molecule has 0 spiro atoms. The molecule has 2 heterocycles. The van der Waals surface area contributed by atoms with Gasteiger partial charge in [-0.25, -0.2) is 0 Å². The average molecular weight is 212 g/mol. The van der Waals surface area contributed by atoms with Crippen LogP contribution in [0.15, 0.2) is 0 Å². The summed E-state index contributed by atoms with van der Waals surface area (Å²) in [7, 11) is 0. The highest BCUT2D eigenvalue weighted by molar-refractivity contribution is 4.78. The van der Waals surface area contributed by atoms with Crippen molar-refractivity contribution in [3.63, 3.8) is 0 Å². The molecule has 3 atom stereocenters. The fourth-order valence-corrected chi connectivity index (χ4v) is 2.56. The molecule has 2 N–H and O–H groups in total. The Hall–Kier alpha value is -0.120. The minimum Gasteiger partial charge on any atom is -0.381 e. The van der Waals surface area contributed by atoms with Gasteiger partial charge in [-0.05, 0) is 57.7 Å². The van der Waals surface area contributed by atoms with Gasteiger partial charge >= 0.3 is 0 Å². The molecule has 2 rings (SSSR count). The van der Waals surface area contributed by atoms with Gasteiger partial charge in [-0.3, -0.25) is 0 Å². The van der Waals surface area contributed by atoms with Crippen LogP contribution in [0.4, 0.5) is 0 Å². The Labute approximate surface area is 93.0 Å². The van der Waals surface area contributed by atoms with Crippen molar-refractivity contribution in [1.29, 1.82) is 0 Å². The summed E-state index contributed by atoms with van der Waals surface area (Å²) >= 11 is 0. The highest BCUT2D eigenvalue weighted by atomic mass is 16.5. The van der Waals surface area contributed by atoms with Gasteiger partial charge in [0.1, 0.15) is 0 Å². The molecule has 88 valence electrons. The van der Waals surface area contributed by atoms with E-state index in [0.29, 0.717) is 6.04 Å². The standard InChI is InChI=1S/C12H24N2O/c1-10(12-4-6-15-9-12)14-8-11-3-2-5-13-7-11/h10-14H,2-9H2,1H3. The molecule has 0 saturated carbocycles. The summed E-state index contributed by atoms with van der Waals surface area (Å²) in [4.78, 5) is 0. The van der Waals surface area contributed by atoms with Crippen LogP contribution in [0, 0.1) is 11.8 Å². The highest BCUT2D eigenvalue weighted by Crippen LogP contribution is 2.17. The first-order valence-corrected chi connectivity index (χ1v) is 6.38. The molecule has 2 aliphatic heterocycles. The molecular weight excluding hydrogens is 188 g/mol. The van der Waals surface area contributed by atoms with Crippen LogP contribution >= 0.6 is 0 Å². The van der Waals surface area contributed by atoms with Crippen molar-refractivity contribution in [2.45, 2.75) is 32.2 Å². The van der Waals surface area contributed by atoms with Gasteiger partial charge in [0, 0.05) is 12.6 Å². The first kappa shape index (κ1) is 11.4. The molecular formula is C12H24N2O. The molecule has 3 nitrogen and oxygen atoms in total. The van der Waals surface area contributed by atoms with Gasteiger partial charge in [0.15, 0.2) is 0 Å². The molecule has 0 aromatic heterocycles. The lowest BCUT2D eigenvalue weighted by Crippen LogP contribution is -2.41. The zero-order valence-electron chi connectivity index (χ0n) is 9.80. The van der Waals surface area contributed by atoms with Crippen molar-refractivity contribution in [1.82, 2.24) is 10.6 Å². The molecule has 2 saturated heterocycles. The van der Waals surface area contributed by atoms with Crippen LogP contribution in [-0.2, 0) is 4.74 Å². The van der Waals surface area contributed by atoms with Gasteiger partial charge in [0.05, 0.1) is 6.61 Å². The van der Waals surface area contributed by atoms with Crippen LogP contribution in [0.1, 0.15) is 26.2 Å². The van der Waals surface area contributed by atoms with Crippen LogP contribution < -0.4 is 10.6 Å². The minimum absolute atomic E-state index is 0.620. The summed E-state index contributed by atoms with van der Waals surface area (Å²) in [5.74, 6) is 1.57. The van der Waals surface area contributed by atoms with Crippen molar-refractivity contribution in [2.24, 2.45) is 11.8 Å². The maximum Gasteiger partial charge on any atom is 0.0509 e. The van der Waals surface area contributed by atoms with Crippen molar-refractivity contribution < 1.29 is 4.74 Å². The topological polar surface area (TPSA) is 33.3 Å². The Kier molecular flexibility index (Phi) is 4.42. The van der Waals surface area contributed by atoms with E-state index in [-0.39, 0.29) is 0 Å². The number of rotatable bonds is 4. The minimum atomic E-state index is 0.620. The number of hydrogen-bond donors (Lipinski definition) is 2. The second-order valence-electron chi connectivity index (χ2n) is 5.03. The fraction of sp³-hybridized carbons (Fsp3) is 1.00. The molecule has 2 fully saturated rings. The van der Waals surface area contributed by atoms with Crippen molar-refractivity contribution >= 4 is 0 Å². The molecule has 2 aliphatic rings. The van der Waals surface area contributed by atoms with Crippen molar-refractivity contribution in [3.8, 4) is 0 Å². The first-order valence-electron chi connectivity index (χ1n) is 6.38. The molecule has 0 aliphatic carbocycles. The third-order valence-electron chi connectivity index (χ3n) is 3.80. The van der Waals surface area contributed by atoms with Crippen LogP contribution in [-0.4, -0.2) is 38.9 Å². The Morgan fingerprint density at radius 2 is 2.40 bits per heavy atom. The van der Waals surface area contributed by atoms with Crippen molar-refractivity contribution in [2.75, 3.05) is 32.8 Å². The number of ether oxygens (including phenoxy) is 1. The maximum atomic E-state index is 5.42. The van der Waals surface area contributed by atoms with Crippen LogP contribution in [0.25, 0.3) is 0 Å². The molecule has 3 heteroatoms. The van der Waals surface area contributed by atoms with Gasteiger partial charge in [0.25, 0.3) is 0 Å². The smallest absolute Gasteiger partial charge is 0.0509 e. The number of hydrogen-bond acceptors (Lipinski definition) is 3. The lowest BCUT2D eigenvalue weighted by Gasteiger charge is -2.26. The second-order valence-corrected chi connectivity index (χ2v) is 5.03. The van der Waals surface area contributed by atoms with E-state index in [2.05, 4.69) is 17.6 Å². The van der Waals surface area contributed by atoms with Crippen LogP contribution in [0.2, 0.25) is 0 Å². The van der Waals surface area contributed by atoms with Gasteiger partial charge in [0.2, 0.25) is 0 Å². The summed E-state index contributed by atoms with van der Waals surface area (Å²) in [6.45, 7) is 7.79. The van der Waals surface area contributed by atoms with Crippen molar-refractivity contribution in [3.05, 3.63) is 0 Å². The highest BCUT2D eigenvalue weighted by Gasteiger charge is 2.22. The molecule has 0 aromatic carbocycles. The zero-order chi connectivity index (χ0) is 10.5. The Morgan fingerprint density at radius 3 is 3.07 bits per heavy atom. The Balaban J connectivity index is 1.63. The third-order valence-corrected chi connectivity index (χ3v) is 3.80. The third kappa shape index (κ3) is 3.44. The SMILES string of the molecule is CC(NCC1CCCNC1)C1CCOC1. The maximum absolute atomic E-state index is 5.42. The quantitative estimate of drug-likeness (QED) is 0.729. The Bertz CT molecular complexity index is 174. The molecule has 0 radical (unpaired) electrons. The molecule has 15 heavy (non-hydrogen) atoms. The summed E-state index contributed by atoms with van der Waals surface area (Å²) in [6.07, 6.45) is 3.96.